The van der Waals surface area contributed by atoms with Gasteiger partial charge in [-0.2, -0.15) is 0 Å². The third-order valence-corrected chi connectivity index (χ3v) is 4.55. The van der Waals surface area contributed by atoms with Crippen LogP contribution in [0.2, 0.25) is 0 Å². The molecule has 0 aliphatic carbocycles. The van der Waals surface area contributed by atoms with E-state index >= 15 is 0 Å². The summed E-state index contributed by atoms with van der Waals surface area (Å²) in [6.07, 6.45) is 3.99. The second-order valence-electron chi connectivity index (χ2n) is 4.68. The van der Waals surface area contributed by atoms with Crippen LogP contribution >= 0.6 is 12.4 Å². The Balaban J connectivity index is 0.00000162. The van der Waals surface area contributed by atoms with Crippen LogP contribution in [0.25, 0.3) is 0 Å². The maximum atomic E-state index is 11.9. The van der Waals surface area contributed by atoms with E-state index in [2.05, 4.69) is 17.0 Å². The second kappa shape index (κ2) is 8.68. The molecule has 1 aliphatic heterocycles. The fourth-order valence-electron chi connectivity index (χ4n) is 2.25. The lowest BCUT2D eigenvalue weighted by Crippen LogP contribution is -2.33. The van der Waals surface area contributed by atoms with E-state index < -0.39 is 10.8 Å². The van der Waals surface area contributed by atoms with Crippen LogP contribution in [0.3, 0.4) is 0 Å². The molecule has 0 N–H and O–H groups in total. The first-order valence-corrected chi connectivity index (χ1v) is 7.94. The van der Waals surface area contributed by atoms with Gasteiger partial charge >= 0.3 is 0 Å². The van der Waals surface area contributed by atoms with Gasteiger partial charge in [-0.05, 0) is 31.5 Å². The summed E-state index contributed by atoms with van der Waals surface area (Å²) in [5.41, 5.74) is 1.18. The highest BCUT2D eigenvalue weighted by molar-refractivity contribution is 7.84. The Bertz CT molecular complexity index is 352. The minimum atomic E-state index is -0.714. The molecule has 0 spiro atoms. The molecule has 1 aromatic rings. The molecule has 0 saturated carbocycles. The van der Waals surface area contributed by atoms with E-state index in [1.165, 1.54) is 37.9 Å². The van der Waals surface area contributed by atoms with E-state index in [4.69, 9.17) is 0 Å². The Kier molecular flexibility index (Phi) is 7.56. The van der Waals surface area contributed by atoms with Crippen LogP contribution in [-0.4, -0.2) is 34.5 Å². The highest BCUT2D eigenvalue weighted by atomic mass is 35.5. The molecule has 0 bridgehead atoms. The highest BCUT2D eigenvalue weighted by Gasteiger charge is 2.11. The maximum Gasteiger partial charge on any atom is 0.0486 e. The molecule has 102 valence electrons. The molecule has 1 aromatic carbocycles. The van der Waals surface area contributed by atoms with Gasteiger partial charge in [0.15, 0.2) is 0 Å². The molecule has 0 amide bonds. The van der Waals surface area contributed by atoms with Crippen molar-refractivity contribution in [2.24, 2.45) is 0 Å². The molecule has 2 nitrogen and oxygen atoms in total. The molecular formula is C14H22ClNOS. The van der Waals surface area contributed by atoms with Gasteiger partial charge in [0.25, 0.3) is 0 Å². The van der Waals surface area contributed by atoms with Crippen LogP contribution < -0.4 is 0 Å². The zero-order valence-corrected chi connectivity index (χ0v) is 12.3. The number of hydrogen-bond donors (Lipinski definition) is 0. The summed E-state index contributed by atoms with van der Waals surface area (Å²) >= 11 is 0. The van der Waals surface area contributed by atoms with Gasteiger partial charge in [-0.1, -0.05) is 36.8 Å². The molecule has 1 unspecified atom stereocenters. The van der Waals surface area contributed by atoms with Gasteiger partial charge in [0.1, 0.15) is 0 Å². The van der Waals surface area contributed by atoms with Crippen LogP contribution in [0.5, 0.6) is 0 Å². The Morgan fingerprint density at radius 1 is 1.06 bits per heavy atom. The number of piperidine rings is 1. The molecule has 18 heavy (non-hydrogen) atoms. The Hall–Kier alpha value is -0.380. The second-order valence-corrected chi connectivity index (χ2v) is 6.25. The van der Waals surface area contributed by atoms with Crippen molar-refractivity contribution in [1.29, 1.82) is 0 Å². The number of benzene rings is 1. The minimum Gasteiger partial charge on any atom is -0.302 e. The molecular weight excluding hydrogens is 266 g/mol. The van der Waals surface area contributed by atoms with E-state index in [1.807, 2.05) is 18.2 Å². The molecule has 1 aliphatic rings. The van der Waals surface area contributed by atoms with Gasteiger partial charge < -0.3 is 4.90 Å². The largest absolute Gasteiger partial charge is 0.302 e. The van der Waals surface area contributed by atoms with Gasteiger partial charge in [0.2, 0.25) is 0 Å². The molecule has 0 radical (unpaired) electrons. The van der Waals surface area contributed by atoms with Crippen molar-refractivity contribution in [2.45, 2.75) is 25.0 Å². The zero-order valence-electron chi connectivity index (χ0n) is 10.7. The first-order chi connectivity index (χ1) is 8.34. The minimum absolute atomic E-state index is 0. The summed E-state index contributed by atoms with van der Waals surface area (Å²) in [6.45, 7) is 3.39. The van der Waals surface area contributed by atoms with E-state index in [-0.39, 0.29) is 12.4 Å². The lowest BCUT2D eigenvalue weighted by atomic mass is 10.1. The van der Waals surface area contributed by atoms with Crippen molar-refractivity contribution in [3.63, 3.8) is 0 Å². The van der Waals surface area contributed by atoms with Gasteiger partial charge in [-0.25, -0.2) is 0 Å². The summed E-state index contributed by atoms with van der Waals surface area (Å²) in [7, 11) is -0.714. The smallest absolute Gasteiger partial charge is 0.0486 e. The van der Waals surface area contributed by atoms with Crippen molar-refractivity contribution in [3.05, 3.63) is 35.9 Å². The number of hydrogen-bond acceptors (Lipinski definition) is 2. The SMILES string of the molecule is Cl.O=S(CCN1CCCCC1)Cc1ccccc1. The molecule has 4 heteroatoms. The summed E-state index contributed by atoms with van der Waals surface area (Å²) in [5, 5.41) is 0. The third-order valence-electron chi connectivity index (χ3n) is 3.25. The molecule has 2 rings (SSSR count). The summed E-state index contributed by atoms with van der Waals surface area (Å²) in [4.78, 5) is 2.45. The Morgan fingerprint density at radius 2 is 1.72 bits per heavy atom. The number of halogens is 1. The quantitative estimate of drug-likeness (QED) is 0.830. The van der Waals surface area contributed by atoms with Crippen molar-refractivity contribution >= 4 is 23.2 Å². The molecule has 1 saturated heterocycles. The van der Waals surface area contributed by atoms with E-state index in [1.54, 1.807) is 0 Å². The van der Waals surface area contributed by atoms with Gasteiger partial charge in [-0.3, -0.25) is 4.21 Å². The monoisotopic (exact) mass is 287 g/mol. The third kappa shape index (κ3) is 5.51. The standard InChI is InChI=1S/C14H21NOS.ClH/c16-17(13-14-7-3-1-4-8-14)12-11-15-9-5-2-6-10-15;/h1,3-4,7-8H,2,5-6,9-13H2;1H. The molecule has 1 atom stereocenters. The van der Waals surface area contributed by atoms with Crippen LogP contribution in [0, 0.1) is 0 Å². The average Bonchev–Trinajstić information content (AvgIpc) is 2.39. The fourth-order valence-corrected chi connectivity index (χ4v) is 3.42. The number of nitrogens with zero attached hydrogens (tertiary/aromatic N) is 1. The zero-order chi connectivity index (χ0) is 11.9. The lowest BCUT2D eigenvalue weighted by Gasteiger charge is -2.25. The fraction of sp³-hybridized carbons (Fsp3) is 0.571. The molecule has 0 aromatic heterocycles. The van der Waals surface area contributed by atoms with Crippen LogP contribution in [0.4, 0.5) is 0 Å². The van der Waals surface area contributed by atoms with E-state index in [0.29, 0.717) is 5.75 Å². The number of likely N-dealkylation sites (tertiary alicyclic amines) is 1. The van der Waals surface area contributed by atoms with Crippen molar-refractivity contribution in [1.82, 2.24) is 4.90 Å². The van der Waals surface area contributed by atoms with Crippen molar-refractivity contribution < 1.29 is 4.21 Å². The van der Waals surface area contributed by atoms with Gasteiger partial charge in [0, 0.05) is 28.9 Å². The predicted molar refractivity (Wildman–Crippen MR) is 80.7 cm³/mol. The number of rotatable bonds is 5. The molecule has 1 fully saturated rings. The lowest BCUT2D eigenvalue weighted by molar-refractivity contribution is 0.241. The van der Waals surface area contributed by atoms with Gasteiger partial charge in [-0.15, -0.1) is 12.4 Å². The Morgan fingerprint density at radius 3 is 2.39 bits per heavy atom. The maximum absolute atomic E-state index is 11.9. The summed E-state index contributed by atoms with van der Waals surface area (Å²) < 4.78 is 11.9. The van der Waals surface area contributed by atoms with Gasteiger partial charge in [0.05, 0.1) is 0 Å². The normalized spacial score (nSPS) is 18.0. The van der Waals surface area contributed by atoms with Crippen molar-refractivity contribution in [2.75, 3.05) is 25.4 Å². The predicted octanol–water partition coefficient (Wildman–Crippen LogP) is 2.84. The van der Waals surface area contributed by atoms with Crippen molar-refractivity contribution in [3.8, 4) is 0 Å². The van der Waals surface area contributed by atoms with Crippen LogP contribution in [0.15, 0.2) is 30.3 Å². The topological polar surface area (TPSA) is 20.3 Å². The highest BCUT2D eigenvalue weighted by Crippen LogP contribution is 2.09. The summed E-state index contributed by atoms with van der Waals surface area (Å²) in [6, 6.07) is 10.1. The molecule has 1 heterocycles. The van der Waals surface area contributed by atoms with E-state index in [9.17, 15) is 4.21 Å². The van der Waals surface area contributed by atoms with Crippen LogP contribution in [0.1, 0.15) is 24.8 Å². The van der Waals surface area contributed by atoms with E-state index in [0.717, 1.165) is 12.3 Å². The Labute approximate surface area is 119 Å². The average molecular weight is 288 g/mol. The first kappa shape index (κ1) is 15.7. The first-order valence-electron chi connectivity index (χ1n) is 6.46. The summed E-state index contributed by atoms with van der Waals surface area (Å²) in [5.74, 6) is 1.52. The van der Waals surface area contributed by atoms with Crippen LogP contribution in [-0.2, 0) is 16.6 Å².